The standard InChI is InChI=1S/C22H26N4O2/c1-6-26(7-2)22(27)20-19(23-14-25(4)5)18-15(3)13-17(24-21(18)28-20)16-11-9-8-10-12-16/h8-14H,6-7H2,1-5H3. The van der Waals surface area contributed by atoms with Crippen molar-refractivity contribution in [3.8, 4) is 11.3 Å². The number of aryl methyl sites for hydroxylation is 1. The molecule has 0 fully saturated rings. The Bertz CT molecular complexity index is 1000. The van der Waals surface area contributed by atoms with Crippen LogP contribution in [0.2, 0.25) is 0 Å². The number of amides is 1. The van der Waals surface area contributed by atoms with Crippen LogP contribution in [0, 0.1) is 6.92 Å². The molecule has 6 nitrogen and oxygen atoms in total. The third-order valence-electron chi connectivity index (χ3n) is 4.57. The molecular weight excluding hydrogens is 352 g/mol. The van der Waals surface area contributed by atoms with Gasteiger partial charge in [-0.2, -0.15) is 0 Å². The molecule has 0 saturated carbocycles. The van der Waals surface area contributed by atoms with Crippen LogP contribution in [0.3, 0.4) is 0 Å². The summed E-state index contributed by atoms with van der Waals surface area (Å²) in [5.41, 5.74) is 3.74. The molecule has 0 spiro atoms. The third-order valence-corrected chi connectivity index (χ3v) is 4.57. The van der Waals surface area contributed by atoms with Crippen molar-refractivity contribution in [3.63, 3.8) is 0 Å². The number of rotatable bonds is 6. The van der Waals surface area contributed by atoms with Gasteiger partial charge in [0.25, 0.3) is 5.91 Å². The molecule has 3 rings (SSSR count). The summed E-state index contributed by atoms with van der Waals surface area (Å²) in [7, 11) is 3.77. The Morgan fingerprint density at radius 1 is 1.18 bits per heavy atom. The molecule has 1 amide bonds. The zero-order chi connectivity index (χ0) is 20.3. The largest absolute Gasteiger partial charge is 0.430 e. The number of pyridine rings is 1. The Morgan fingerprint density at radius 2 is 1.86 bits per heavy atom. The summed E-state index contributed by atoms with van der Waals surface area (Å²) in [6, 6.07) is 11.9. The van der Waals surface area contributed by atoms with Crippen LogP contribution in [-0.4, -0.2) is 54.2 Å². The zero-order valence-electron chi connectivity index (χ0n) is 17.1. The van der Waals surface area contributed by atoms with Crippen molar-refractivity contribution in [1.82, 2.24) is 14.8 Å². The minimum absolute atomic E-state index is 0.172. The quantitative estimate of drug-likeness (QED) is 0.468. The van der Waals surface area contributed by atoms with Gasteiger partial charge in [0.05, 0.1) is 17.4 Å². The normalized spacial score (nSPS) is 11.3. The van der Waals surface area contributed by atoms with Gasteiger partial charge in [-0.1, -0.05) is 30.3 Å². The molecule has 0 unspecified atom stereocenters. The number of hydrogen-bond donors (Lipinski definition) is 0. The molecule has 6 heteroatoms. The fourth-order valence-electron chi connectivity index (χ4n) is 3.12. The summed E-state index contributed by atoms with van der Waals surface area (Å²) in [5.74, 6) is 0.0622. The van der Waals surface area contributed by atoms with Crippen LogP contribution in [0.4, 0.5) is 5.69 Å². The molecule has 0 aliphatic heterocycles. The van der Waals surface area contributed by atoms with Crippen molar-refractivity contribution in [2.75, 3.05) is 27.2 Å². The van der Waals surface area contributed by atoms with Crippen molar-refractivity contribution >= 4 is 29.0 Å². The molecule has 3 aromatic rings. The number of fused-ring (bicyclic) bond motifs is 1. The molecule has 0 aliphatic rings. The van der Waals surface area contributed by atoms with E-state index in [1.165, 1.54) is 0 Å². The first-order valence-electron chi connectivity index (χ1n) is 9.45. The fraction of sp³-hybridized carbons (Fsp3) is 0.318. The molecule has 0 saturated heterocycles. The average Bonchev–Trinajstić information content (AvgIpc) is 3.07. The lowest BCUT2D eigenvalue weighted by Crippen LogP contribution is -2.30. The first-order valence-corrected chi connectivity index (χ1v) is 9.45. The maximum atomic E-state index is 13.0. The van der Waals surface area contributed by atoms with Gasteiger partial charge in [0.1, 0.15) is 5.69 Å². The summed E-state index contributed by atoms with van der Waals surface area (Å²) in [6.07, 6.45) is 1.67. The highest BCUT2D eigenvalue weighted by Crippen LogP contribution is 2.37. The first kappa shape index (κ1) is 19.6. The van der Waals surface area contributed by atoms with Gasteiger partial charge < -0.3 is 14.2 Å². The molecular formula is C22H26N4O2. The van der Waals surface area contributed by atoms with Crippen LogP contribution in [0.15, 0.2) is 45.8 Å². The predicted octanol–water partition coefficient (Wildman–Crippen LogP) is 4.51. The van der Waals surface area contributed by atoms with Gasteiger partial charge in [0, 0.05) is 32.7 Å². The van der Waals surface area contributed by atoms with Crippen LogP contribution in [0.5, 0.6) is 0 Å². The molecule has 2 heterocycles. The molecule has 146 valence electrons. The van der Waals surface area contributed by atoms with Crippen LogP contribution in [0.1, 0.15) is 30.0 Å². The highest BCUT2D eigenvalue weighted by molar-refractivity contribution is 6.06. The number of aromatic nitrogens is 1. The summed E-state index contributed by atoms with van der Waals surface area (Å²) in [5, 5.41) is 0.772. The van der Waals surface area contributed by atoms with Crippen LogP contribution in [-0.2, 0) is 0 Å². The second kappa shape index (κ2) is 8.25. The molecule has 2 aromatic heterocycles. The number of furan rings is 1. The van der Waals surface area contributed by atoms with E-state index in [4.69, 9.17) is 4.42 Å². The van der Waals surface area contributed by atoms with Crippen LogP contribution < -0.4 is 0 Å². The Kier molecular flexibility index (Phi) is 5.78. The van der Waals surface area contributed by atoms with E-state index < -0.39 is 0 Å². The van der Waals surface area contributed by atoms with Gasteiger partial charge in [-0.05, 0) is 32.4 Å². The smallest absolute Gasteiger partial charge is 0.291 e. The lowest BCUT2D eigenvalue weighted by Gasteiger charge is -2.17. The molecule has 0 aliphatic carbocycles. The van der Waals surface area contributed by atoms with Gasteiger partial charge in [0.15, 0.2) is 0 Å². The van der Waals surface area contributed by atoms with E-state index in [0.717, 1.165) is 22.2 Å². The Hall–Kier alpha value is -3.15. The summed E-state index contributed by atoms with van der Waals surface area (Å²) in [6.45, 7) is 7.09. The Balaban J connectivity index is 2.23. The van der Waals surface area contributed by atoms with Crippen molar-refractivity contribution in [2.45, 2.75) is 20.8 Å². The monoisotopic (exact) mass is 378 g/mol. The van der Waals surface area contributed by atoms with E-state index in [1.54, 1.807) is 11.2 Å². The SMILES string of the molecule is CCN(CC)C(=O)c1oc2nc(-c3ccccc3)cc(C)c2c1N=CN(C)C. The van der Waals surface area contributed by atoms with Crippen molar-refractivity contribution < 1.29 is 9.21 Å². The second-order valence-corrected chi connectivity index (χ2v) is 6.84. The maximum absolute atomic E-state index is 13.0. The average molecular weight is 378 g/mol. The summed E-state index contributed by atoms with van der Waals surface area (Å²) < 4.78 is 5.99. The minimum Gasteiger partial charge on any atom is -0.430 e. The number of carbonyl (C=O) groups is 1. The van der Waals surface area contributed by atoms with E-state index in [9.17, 15) is 4.79 Å². The van der Waals surface area contributed by atoms with Gasteiger partial charge in [-0.15, -0.1) is 0 Å². The van der Waals surface area contributed by atoms with Crippen molar-refractivity contribution in [2.24, 2.45) is 4.99 Å². The molecule has 0 radical (unpaired) electrons. The van der Waals surface area contributed by atoms with E-state index in [-0.39, 0.29) is 11.7 Å². The third kappa shape index (κ3) is 3.76. The molecule has 28 heavy (non-hydrogen) atoms. The van der Waals surface area contributed by atoms with E-state index in [1.807, 2.05) is 76.2 Å². The van der Waals surface area contributed by atoms with Gasteiger partial charge in [-0.3, -0.25) is 4.79 Å². The van der Waals surface area contributed by atoms with Gasteiger partial charge in [-0.25, -0.2) is 9.98 Å². The molecule has 0 bridgehead atoms. The number of aliphatic imine (C=N–C) groups is 1. The maximum Gasteiger partial charge on any atom is 0.291 e. The number of carbonyl (C=O) groups excluding carboxylic acids is 1. The molecule has 0 N–H and O–H groups in total. The summed E-state index contributed by atoms with van der Waals surface area (Å²) >= 11 is 0. The van der Waals surface area contributed by atoms with Crippen LogP contribution in [0.25, 0.3) is 22.4 Å². The van der Waals surface area contributed by atoms with E-state index in [0.29, 0.717) is 24.5 Å². The lowest BCUT2D eigenvalue weighted by atomic mass is 10.1. The predicted molar refractivity (Wildman–Crippen MR) is 113 cm³/mol. The minimum atomic E-state index is -0.172. The number of nitrogens with zero attached hydrogens (tertiary/aromatic N) is 4. The van der Waals surface area contributed by atoms with Gasteiger partial charge in [0.2, 0.25) is 11.5 Å². The highest BCUT2D eigenvalue weighted by atomic mass is 16.4. The molecule has 1 aromatic carbocycles. The van der Waals surface area contributed by atoms with E-state index >= 15 is 0 Å². The Labute approximate surface area is 165 Å². The topological polar surface area (TPSA) is 61.9 Å². The Morgan fingerprint density at radius 3 is 2.46 bits per heavy atom. The fourth-order valence-corrected chi connectivity index (χ4v) is 3.12. The number of benzene rings is 1. The van der Waals surface area contributed by atoms with Crippen LogP contribution >= 0.6 is 0 Å². The summed E-state index contributed by atoms with van der Waals surface area (Å²) in [4.78, 5) is 25.8. The van der Waals surface area contributed by atoms with Gasteiger partial charge >= 0.3 is 0 Å². The molecule has 0 atom stereocenters. The number of hydrogen-bond acceptors (Lipinski definition) is 4. The van der Waals surface area contributed by atoms with Crippen molar-refractivity contribution in [3.05, 3.63) is 47.7 Å². The second-order valence-electron chi connectivity index (χ2n) is 6.84. The van der Waals surface area contributed by atoms with E-state index in [2.05, 4.69) is 9.98 Å². The van der Waals surface area contributed by atoms with Crippen molar-refractivity contribution in [1.29, 1.82) is 0 Å². The lowest BCUT2D eigenvalue weighted by molar-refractivity contribution is 0.0744. The first-order chi connectivity index (χ1) is 13.5. The highest BCUT2D eigenvalue weighted by Gasteiger charge is 2.26. The zero-order valence-corrected chi connectivity index (χ0v) is 17.1.